The van der Waals surface area contributed by atoms with Crippen molar-refractivity contribution >= 4 is 5.97 Å². The van der Waals surface area contributed by atoms with Crippen molar-refractivity contribution < 1.29 is 9.53 Å². The zero-order valence-electron chi connectivity index (χ0n) is 18.3. The molecule has 26 heavy (non-hydrogen) atoms. The van der Waals surface area contributed by atoms with Crippen LogP contribution in [0.4, 0.5) is 0 Å². The van der Waals surface area contributed by atoms with E-state index in [4.69, 9.17) is 4.74 Å². The van der Waals surface area contributed by atoms with Crippen LogP contribution in [0.15, 0.2) is 0 Å². The summed E-state index contributed by atoms with van der Waals surface area (Å²) in [7, 11) is 0. The number of hydrogen-bond acceptors (Lipinski definition) is 2. The minimum Gasteiger partial charge on any atom is -0.463 e. The molecule has 2 nitrogen and oxygen atoms in total. The Kier molecular flexibility index (Phi) is 20.4. The second kappa shape index (κ2) is 20.8. The lowest BCUT2D eigenvalue weighted by Crippen LogP contribution is -2.13. The molecule has 0 saturated carbocycles. The van der Waals surface area contributed by atoms with E-state index in [1.807, 2.05) is 13.8 Å². The van der Waals surface area contributed by atoms with Gasteiger partial charge in [-0.3, -0.25) is 4.79 Å². The van der Waals surface area contributed by atoms with Crippen LogP contribution in [-0.2, 0) is 9.53 Å². The largest absolute Gasteiger partial charge is 0.463 e. The van der Waals surface area contributed by atoms with E-state index < -0.39 is 0 Å². The number of hydrogen-bond donors (Lipinski definition) is 0. The fourth-order valence-corrected chi connectivity index (χ4v) is 3.36. The third-order valence-electron chi connectivity index (χ3n) is 5.39. The Morgan fingerprint density at radius 2 is 0.962 bits per heavy atom. The van der Waals surface area contributed by atoms with E-state index in [0.29, 0.717) is 6.42 Å². The van der Waals surface area contributed by atoms with Gasteiger partial charge in [0.05, 0.1) is 6.10 Å². The topological polar surface area (TPSA) is 26.3 Å². The first kappa shape index (κ1) is 25.5. The van der Waals surface area contributed by atoms with Crippen LogP contribution in [0, 0.1) is 0 Å². The van der Waals surface area contributed by atoms with Crippen LogP contribution in [0.3, 0.4) is 0 Å². The molecule has 0 rings (SSSR count). The van der Waals surface area contributed by atoms with Crippen molar-refractivity contribution in [2.45, 2.75) is 149 Å². The van der Waals surface area contributed by atoms with Gasteiger partial charge >= 0.3 is 5.97 Å². The number of carbonyl (C=O) groups excluding carboxylic acids is 1. The maximum atomic E-state index is 11.6. The summed E-state index contributed by atoms with van der Waals surface area (Å²) in [6.45, 7) is 6.30. The van der Waals surface area contributed by atoms with Gasteiger partial charge in [-0.1, -0.05) is 117 Å². The third kappa shape index (κ3) is 19.8. The van der Waals surface area contributed by atoms with Crippen molar-refractivity contribution in [3.8, 4) is 0 Å². The average molecular weight is 369 g/mol. The molecule has 0 aliphatic rings. The van der Waals surface area contributed by atoms with Crippen LogP contribution in [-0.4, -0.2) is 12.1 Å². The molecule has 0 aromatic heterocycles. The van der Waals surface area contributed by atoms with Gasteiger partial charge in [0.1, 0.15) is 0 Å². The summed E-state index contributed by atoms with van der Waals surface area (Å²) >= 11 is 0. The molecule has 0 radical (unpaired) electrons. The highest BCUT2D eigenvalue weighted by Gasteiger charge is 2.06. The molecule has 0 aromatic rings. The van der Waals surface area contributed by atoms with Gasteiger partial charge in [0, 0.05) is 6.42 Å². The Bertz CT molecular complexity index is 288. The van der Waals surface area contributed by atoms with E-state index >= 15 is 0 Å². The van der Waals surface area contributed by atoms with E-state index in [2.05, 4.69) is 6.92 Å². The maximum absolute atomic E-state index is 11.6. The number of esters is 1. The second-order valence-electron chi connectivity index (χ2n) is 8.12. The second-order valence-corrected chi connectivity index (χ2v) is 8.12. The van der Waals surface area contributed by atoms with Crippen LogP contribution >= 0.6 is 0 Å². The Balaban J connectivity index is 3.10. The molecular weight excluding hydrogens is 320 g/mol. The summed E-state index contributed by atoms with van der Waals surface area (Å²) in [6.07, 6.45) is 24.9. The molecule has 0 fully saturated rings. The molecule has 1 atom stereocenters. The van der Waals surface area contributed by atoms with Crippen LogP contribution in [0.25, 0.3) is 0 Å². The van der Waals surface area contributed by atoms with Crippen LogP contribution in [0.5, 0.6) is 0 Å². The van der Waals surface area contributed by atoms with Crippen molar-refractivity contribution in [3.05, 3.63) is 0 Å². The Labute approximate surface area is 164 Å². The monoisotopic (exact) mass is 368 g/mol. The predicted octanol–water partition coefficient (Wildman–Crippen LogP) is 8.37. The van der Waals surface area contributed by atoms with Gasteiger partial charge in [-0.05, 0) is 19.8 Å². The van der Waals surface area contributed by atoms with Gasteiger partial charge in [-0.25, -0.2) is 0 Å². The van der Waals surface area contributed by atoms with Gasteiger partial charge in [-0.15, -0.1) is 0 Å². The summed E-state index contributed by atoms with van der Waals surface area (Å²) in [5, 5.41) is 0. The fraction of sp³-hybridized carbons (Fsp3) is 0.958. The summed E-state index contributed by atoms with van der Waals surface area (Å²) in [4.78, 5) is 11.6. The molecule has 0 aliphatic heterocycles. The molecule has 1 unspecified atom stereocenters. The lowest BCUT2D eigenvalue weighted by atomic mass is 10.0. The third-order valence-corrected chi connectivity index (χ3v) is 5.39. The van der Waals surface area contributed by atoms with E-state index in [9.17, 15) is 4.79 Å². The van der Waals surface area contributed by atoms with Crippen LogP contribution in [0.2, 0.25) is 0 Å². The Morgan fingerprint density at radius 3 is 1.31 bits per heavy atom. The smallest absolute Gasteiger partial charge is 0.306 e. The fourth-order valence-electron chi connectivity index (χ4n) is 3.36. The molecule has 0 aromatic carbocycles. The first-order valence-corrected chi connectivity index (χ1v) is 11.9. The van der Waals surface area contributed by atoms with Crippen molar-refractivity contribution in [1.82, 2.24) is 0 Å². The molecule has 156 valence electrons. The van der Waals surface area contributed by atoms with Crippen molar-refractivity contribution in [2.75, 3.05) is 0 Å². The molecule has 2 heteroatoms. The molecule has 0 spiro atoms. The zero-order valence-corrected chi connectivity index (χ0v) is 18.3. The summed E-state index contributed by atoms with van der Waals surface area (Å²) < 4.78 is 5.29. The molecule has 0 saturated heterocycles. The number of ether oxygens (including phenoxy) is 1. The van der Waals surface area contributed by atoms with Gasteiger partial charge in [-0.2, -0.15) is 0 Å². The molecule has 0 N–H and O–H groups in total. The standard InChI is InChI=1S/C24H48O2/c1-4-6-7-8-9-10-11-12-13-14-15-16-17-18-19-20-21-22-24(25)26-23(3)5-2/h23H,4-22H2,1-3H3. The minimum absolute atomic E-state index is 0.0136. The van der Waals surface area contributed by atoms with E-state index in [0.717, 1.165) is 12.8 Å². The lowest BCUT2D eigenvalue weighted by Gasteiger charge is -2.10. The Morgan fingerprint density at radius 1 is 0.615 bits per heavy atom. The highest BCUT2D eigenvalue weighted by atomic mass is 16.5. The average Bonchev–Trinajstić information content (AvgIpc) is 2.64. The van der Waals surface area contributed by atoms with Crippen molar-refractivity contribution in [3.63, 3.8) is 0 Å². The van der Waals surface area contributed by atoms with E-state index in [-0.39, 0.29) is 12.1 Å². The highest BCUT2D eigenvalue weighted by Crippen LogP contribution is 2.14. The van der Waals surface area contributed by atoms with E-state index in [1.54, 1.807) is 0 Å². The van der Waals surface area contributed by atoms with Gasteiger partial charge < -0.3 is 4.74 Å². The summed E-state index contributed by atoms with van der Waals surface area (Å²) in [5.74, 6) is -0.0136. The molecule has 0 bridgehead atoms. The van der Waals surface area contributed by atoms with Crippen molar-refractivity contribution in [1.29, 1.82) is 0 Å². The lowest BCUT2D eigenvalue weighted by molar-refractivity contribution is -0.148. The van der Waals surface area contributed by atoms with Gasteiger partial charge in [0.25, 0.3) is 0 Å². The van der Waals surface area contributed by atoms with E-state index in [1.165, 1.54) is 103 Å². The highest BCUT2D eigenvalue weighted by molar-refractivity contribution is 5.69. The number of rotatable bonds is 20. The van der Waals surface area contributed by atoms with Crippen LogP contribution < -0.4 is 0 Å². The number of carbonyl (C=O) groups is 1. The zero-order chi connectivity index (χ0) is 19.3. The molecule has 0 heterocycles. The minimum atomic E-state index is -0.0136. The summed E-state index contributed by atoms with van der Waals surface area (Å²) in [6, 6.07) is 0. The Hall–Kier alpha value is -0.530. The normalized spacial score (nSPS) is 12.3. The number of unbranched alkanes of at least 4 members (excludes halogenated alkanes) is 16. The van der Waals surface area contributed by atoms with Gasteiger partial charge in [0.15, 0.2) is 0 Å². The molecule has 0 aliphatic carbocycles. The van der Waals surface area contributed by atoms with Crippen LogP contribution in [0.1, 0.15) is 143 Å². The maximum Gasteiger partial charge on any atom is 0.306 e. The summed E-state index contributed by atoms with van der Waals surface area (Å²) in [5.41, 5.74) is 0. The van der Waals surface area contributed by atoms with Gasteiger partial charge in [0.2, 0.25) is 0 Å². The molecular formula is C24H48O2. The molecule has 0 amide bonds. The SMILES string of the molecule is CCCCCCCCCCCCCCCCCCCC(=O)OC(C)CC. The first-order chi connectivity index (χ1) is 12.7. The predicted molar refractivity (Wildman–Crippen MR) is 115 cm³/mol. The first-order valence-electron chi connectivity index (χ1n) is 11.9. The quantitative estimate of drug-likeness (QED) is 0.159. The van der Waals surface area contributed by atoms with Crippen molar-refractivity contribution in [2.24, 2.45) is 0 Å².